The van der Waals surface area contributed by atoms with Crippen molar-refractivity contribution < 1.29 is 4.79 Å². The van der Waals surface area contributed by atoms with Crippen molar-refractivity contribution in [2.45, 2.75) is 46.5 Å². The largest absolute Gasteiger partial charge is 0.352 e. The third-order valence-electron chi connectivity index (χ3n) is 3.53. The van der Waals surface area contributed by atoms with Crippen molar-refractivity contribution in [3.05, 3.63) is 33.8 Å². The summed E-state index contributed by atoms with van der Waals surface area (Å²) in [5.41, 5.74) is 1.87. The summed E-state index contributed by atoms with van der Waals surface area (Å²) >= 11 is 3.46. The highest BCUT2D eigenvalue weighted by Gasteiger charge is 2.10. The highest BCUT2D eigenvalue weighted by molar-refractivity contribution is 9.10. The number of carbonyl (C=O) groups is 1. The molecule has 1 aromatic rings. The zero-order chi connectivity index (χ0) is 14.3. The minimum atomic E-state index is 0.0237. The Morgan fingerprint density at radius 3 is 2.68 bits per heavy atom. The Morgan fingerprint density at radius 2 is 2.11 bits per heavy atom. The van der Waals surface area contributed by atoms with Gasteiger partial charge in [0.2, 0.25) is 0 Å². The van der Waals surface area contributed by atoms with Crippen LogP contribution in [0.3, 0.4) is 0 Å². The van der Waals surface area contributed by atoms with Crippen molar-refractivity contribution in [3.63, 3.8) is 0 Å². The van der Waals surface area contributed by atoms with Gasteiger partial charge in [0.05, 0.1) is 0 Å². The number of hydrogen-bond donors (Lipinski definition) is 1. The van der Waals surface area contributed by atoms with Gasteiger partial charge in [0.15, 0.2) is 0 Å². The number of halogens is 1. The van der Waals surface area contributed by atoms with Crippen LogP contribution in [0, 0.1) is 12.8 Å². The van der Waals surface area contributed by atoms with Crippen molar-refractivity contribution in [1.29, 1.82) is 0 Å². The van der Waals surface area contributed by atoms with Gasteiger partial charge in [-0.25, -0.2) is 0 Å². The summed E-state index contributed by atoms with van der Waals surface area (Å²) in [5.74, 6) is 0.619. The van der Waals surface area contributed by atoms with Gasteiger partial charge in [-0.3, -0.25) is 4.79 Å². The molecule has 0 aliphatic heterocycles. The Labute approximate surface area is 125 Å². The average molecular weight is 326 g/mol. The Hall–Kier alpha value is -0.830. The summed E-state index contributed by atoms with van der Waals surface area (Å²) in [6, 6.07) is 5.73. The molecule has 0 heterocycles. The molecule has 1 unspecified atom stereocenters. The van der Waals surface area contributed by atoms with Crippen LogP contribution < -0.4 is 5.32 Å². The van der Waals surface area contributed by atoms with E-state index < -0.39 is 0 Å². The first-order valence-electron chi connectivity index (χ1n) is 7.12. The highest BCUT2D eigenvalue weighted by atomic mass is 79.9. The summed E-state index contributed by atoms with van der Waals surface area (Å²) in [5, 5.41) is 3.05. The van der Waals surface area contributed by atoms with E-state index in [0.29, 0.717) is 5.92 Å². The average Bonchev–Trinajstić information content (AvgIpc) is 2.41. The van der Waals surface area contributed by atoms with Crippen LogP contribution in [0.15, 0.2) is 22.7 Å². The first kappa shape index (κ1) is 16.2. The van der Waals surface area contributed by atoms with E-state index in [0.717, 1.165) is 28.6 Å². The molecular weight excluding hydrogens is 302 g/mol. The normalized spacial score (nSPS) is 12.2. The molecule has 1 rings (SSSR count). The predicted molar refractivity (Wildman–Crippen MR) is 84.5 cm³/mol. The molecule has 0 fully saturated rings. The molecular formula is C16H24BrNO. The second kappa shape index (κ2) is 8.36. The SMILES string of the molecule is CCCCC(CC)CNC(=O)c1ccc(C)c(Br)c1. The van der Waals surface area contributed by atoms with Crippen molar-refractivity contribution in [2.75, 3.05) is 6.54 Å². The lowest BCUT2D eigenvalue weighted by Crippen LogP contribution is -2.29. The minimum Gasteiger partial charge on any atom is -0.352 e. The molecule has 1 N–H and O–H groups in total. The smallest absolute Gasteiger partial charge is 0.251 e. The van der Waals surface area contributed by atoms with Crippen LogP contribution in [0.1, 0.15) is 55.5 Å². The van der Waals surface area contributed by atoms with E-state index in [1.807, 2.05) is 25.1 Å². The van der Waals surface area contributed by atoms with Crippen LogP contribution in [-0.4, -0.2) is 12.5 Å². The second-order valence-corrected chi connectivity index (χ2v) is 5.94. The van der Waals surface area contributed by atoms with Crippen molar-refractivity contribution in [1.82, 2.24) is 5.32 Å². The zero-order valence-corrected chi connectivity index (χ0v) is 13.7. The molecule has 106 valence electrons. The summed E-state index contributed by atoms with van der Waals surface area (Å²) in [4.78, 5) is 12.1. The fourth-order valence-electron chi connectivity index (χ4n) is 2.02. The lowest BCUT2D eigenvalue weighted by Gasteiger charge is -2.15. The van der Waals surface area contributed by atoms with Crippen LogP contribution in [0.25, 0.3) is 0 Å². The topological polar surface area (TPSA) is 29.1 Å². The molecule has 3 heteroatoms. The molecule has 2 nitrogen and oxygen atoms in total. The third kappa shape index (κ3) is 5.35. The molecule has 19 heavy (non-hydrogen) atoms. The van der Waals surface area contributed by atoms with Crippen LogP contribution in [0.5, 0.6) is 0 Å². The van der Waals surface area contributed by atoms with Crippen LogP contribution in [-0.2, 0) is 0 Å². The van der Waals surface area contributed by atoms with Gasteiger partial charge in [0.1, 0.15) is 0 Å². The number of rotatable bonds is 7. The Balaban J connectivity index is 2.52. The van der Waals surface area contributed by atoms with Gasteiger partial charge in [-0.1, -0.05) is 55.1 Å². The summed E-state index contributed by atoms with van der Waals surface area (Å²) in [6.45, 7) is 7.19. The third-order valence-corrected chi connectivity index (χ3v) is 4.38. The van der Waals surface area contributed by atoms with Crippen LogP contribution in [0.2, 0.25) is 0 Å². The van der Waals surface area contributed by atoms with Gasteiger partial charge >= 0.3 is 0 Å². The molecule has 1 amide bonds. The highest BCUT2D eigenvalue weighted by Crippen LogP contribution is 2.17. The molecule has 0 aliphatic carbocycles. The molecule has 0 spiro atoms. The van der Waals surface area contributed by atoms with Gasteiger partial charge in [-0.2, -0.15) is 0 Å². The quantitative estimate of drug-likeness (QED) is 0.773. The predicted octanol–water partition coefficient (Wildman–Crippen LogP) is 4.70. The van der Waals surface area contributed by atoms with E-state index in [4.69, 9.17) is 0 Å². The standard InChI is InChI=1S/C16H24BrNO/c1-4-6-7-13(5-2)11-18-16(19)14-9-8-12(3)15(17)10-14/h8-10,13H,4-7,11H2,1-3H3,(H,18,19). The number of aryl methyl sites for hydroxylation is 1. The Kier molecular flexibility index (Phi) is 7.14. The van der Waals surface area contributed by atoms with Gasteiger partial charge in [-0.15, -0.1) is 0 Å². The Morgan fingerprint density at radius 1 is 1.37 bits per heavy atom. The number of amides is 1. The molecule has 0 aliphatic rings. The molecule has 0 saturated heterocycles. The fourth-order valence-corrected chi connectivity index (χ4v) is 2.40. The zero-order valence-electron chi connectivity index (χ0n) is 12.1. The maximum absolute atomic E-state index is 12.1. The van der Waals surface area contributed by atoms with E-state index >= 15 is 0 Å². The first-order chi connectivity index (χ1) is 9.08. The summed E-state index contributed by atoms with van der Waals surface area (Å²) < 4.78 is 0.984. The number of carbonyl (C=O) groups excluding carboxylic acids is 1. The van der Waals surface area contributed by atoms with Gasteiger partial charge in [-0.05, 0) is 37.0 Å². The first-order valence-corrected chi connectivity index (χ1v) is 7.92. The fraction of sp³-hybridized carbons (Fsp3) is 0.562. The number of benzene rings is 1. The molecule has 0 radical (unpaired) electrons. The van der Waals surface area contributed by atoms with E-state index in [1.165, 1.54) is 19.3 Å². The van der Waals surface area contributed by atoms with Gasteiger partial charge in [0.25, 0.3) is 5.91 Å². The van der Waals surface area contributed by atoms with Crippen LogP contribution in [0.4, 0.5) is 0 Å². The molecule has 1 atom stereocenters. The monoisotopic (exact) mass is 325 g/mol. The maximum atomic E-state index is 12.1. The lowest BCUT2D eigenvalue weighted by molar-refractivity contribution is 0.0946. The molecule has 0 saturated carbocycles. The summed E-state index contributed by atoms with van der Waals surface area (Å²) in [6.07, 6.45) is 4.78. The summed E-state index contributed by atoms with van der Waals surface area (Å²) in [7, 11) is 0. The van der Waals surface area contributed by atoms with Crippen molar-refractivity contribution >= 4 is 21.8 Å². The molecule has 0 bridgehead atoms. The van der Waals surface area contributed by atoms with Crippen molar-refractivity contribution in [3.8, 4) is 0 Å². The number of hydrogen-bond acceptors (Lipinski definition) is 1. The maximum Gasteiger partial charge on any atom is 0.251 e. The lowest BCUT2D eigenvalue weighted by atomic mass is 9.99. The number of unbranched alkanes of at least 4 members (excludes halogenated alkanes) is 1. The second-order valence-electron chi connectivity index (χ2n) is 5.09. The van der Waals surface area contributed by atoms with Gasteiger partial charge in [0, 0.05) is 16.6 Å². The van der Waals surface area contributed by atoms with Crippen molar-refractivity contribution in [2.24, 2.45) is 5.92 Å². The number of nitrogens with one attached hydrogen (secondary N) is 1. The van der Waals surface area contributed by atoms with E-state index in [9.17, 15) is 4.79 Å². The molecule has 0 aromatic heterocycles. The van der Waals surface area contributed by atoms with E-state index in [-0.39, 0.29) is 5.91 Å². The van der Waals surface area contributed by atoms with Gasteiger partial charge < -0.3 is 5.32 Å². The Bertz CT molecular complexity index is 417. The molecule has 1 aromatic carbocycles. The van der Waals surface area contributed by atoms with E-state index in [1.54, 1.807) is 0 Å². The van der Waals surface area contributed by atoms with E-state index in [2.05, 4.69) is 35.1 Å². The minimum absolute atomic E-state index is 0.0237. The van der Waals surface area contributed by atoms with Crippen LogP contribution >= 0.6 is 15.9 Å².